The van der Waals surface area contributed by atoms with Crippen molar-refractivity contribution in [1.29, 1.82) is 0 Å². The molecule has 0 radical (unpaired) electrons. The van der Waals surface area contributed by atoms with E-state index in [1.807, 2.05) is 13.8 Å². The third kappa shape index (κ3) is 7.32. The Labute approximate surface area is 97.5 Å². The molecule has 4 heteroatoms. The Morgan fingerprint density at radius 3 is 2.56 bits per heavy atom. The fourth-order valence-electron chi connectivity index (χ4n) is 1.52. The van der Waals surface area contributed by atoms with Crippen LogP contribution >= 0.6 is 0 Å². The average molecular weight is 226 g/mol. The average Bonchev–Trinajstić information content (AvgIpc) is 2.22. The number of hydrogen-bond donors (Lipinski definition) is 1. The lowest BCUT2D eigenvalue weighted by Crippen LogP contribution is -2.37. The van der Waals surface area contributed by atoms with E-state index in [1.54, 1.807) is 0 Å². The van der Waals surface area contributed by atoms with Crippen LogP contribution in [0.4, 0.5) is 0 Å². The van der Waals surface area contributed by atoms with E-state index in [2.05, 4.69) is 17.2 Å². The molecular formula is C12H22N2O2. The first-order valence-corrected chi connectivity index (χ1v) is 5.96. The van der Waals surface area contributed by atoms with Gasteiger partial charge in [-0.2, -0.15) is 0 Å². The molecule has 0 aromatic rings. The lowest BCUT2D eigenvalue weighted by Gasteiger charge is -2.16. The number of amides is 1. The summed E-state index contributed by atoms with van der Waals surface area (Å²) in [6, 6.07) is -0.335. The van der Waals surface area contributed by atoms with Crippen molar-refractivity contribution < 1.29 is 9.59 Å². The molecule has 0 aliphatic rings. The van der Waals surface area contributed by atoms with Crippen molar-refractivity contribution in [2.24, 2.45) is 10.9 Å². The minimum absolute atomic E-state index is 0.335. The molecule has 16 heavy (non-hydrogen) atoms. The summed E-state index contributed by atoms with van der Waals surface area (Å²) in [4.78, 5) is 24.7. The molecule has 0 saturated heterocycles. The number of nitrogens with one attached hydrogen (secondary N) is 1. The van der Waals surface area contributed by atoms with E-state index < -0.39 is 5.91 Å². The first-order chi connectivity index (χ1) is 7.61. The first kappa shape index (κ1) is 15.0. The summed E-state index contributed by atoms with van der Waals surface area (Å²) in [6.07, 6.45) is 5.35. The zero-order valence-corrected chi connectivity index (χ0v) is 10.5. The predicted octanol–water partition coefficient (Wildman–Crippen LogP) is 2.04. The van der Waals surface area contributed by atoms with Gasteiger partial charge in [0.25, 0.3) is 5.91 Å². The Kier molecular flexibility index (Phi) is 8.68. The Bertz CT molecular complexity index is 245. The van der Waals surface area contributed by atoms with E-state index in [1.165, 1.54) is 6.08 Å². The van der Waals surface area contributed by atoms with Gasteiger partial charge in [0.05, 0.1) is 6.04 Å². The maximum atomic E-state index is 11.5. The van der Waals surface area contributed by atoms with Crippen molar-refractivity contribution in [2.45, 2.75) is 52.5 Å². The summed E-state index contributed by atoms with van der Waals surface area (Å²) in [6.45, 7) is 7.01. The summed E-state index contributed by atoms with van der Waals surface area (Å²) in [5.41, 5.74) is 0. The molecule has 0 aliphatic carbocycles. The van der Waals surface area contributed by atoms with Gasteiger partial charge in [-0.1, -0.05) is 33.6 Å². The zero-order chi connectivity index (χ0) is 12.4. The lowest BCUT2D eigenvalue weighted by atomic mass is 10.0. The Morgan fingerprint density at radius 1 is 1.38 bits per heavy atom. The van der Waals surface area contributed by atoms with Gasteiger partial charge in [0.1, 0.15) is 0 Å². The topological polar surface area (TPSA) is 58.5 Å². The Morgan fingerprint density at radius 2 is 2.06 bits per heavy atom. The van der Waals surface area contributed by atoms with Crippen LogP contribution in [0.1, 0.15) is 46.5 Å². The SMILES string of the molecule is CCCCCNC(CC(C)C)C(=O)N=C=O. The van der Waals surface area contributed by atoms with Crippen LogP contribution in [0, 0.1) is 5.92 Å². The molecule has 0 aromatic carbocycles. The van der Waals surface area contributed by atoms with E-state index in [4.69, 9.17) is 0 Å². The van der Waals surface area contributed by atoms with Gasteiger partial charge >= 0.3 is 0 Å². The van der Waals surface area contributed by atoms with Crippen LogP contribution in [0.2, 0.25) is 0 Å². The number of carbonyl (C=O) groups is 1. The van der Waals surface area contributed by atoms with Crippen LogP contribution in [0.25, 0.3) is 0 Å². The van der Waals surface area contributed by atoms with Crippen LogP contribution in [-0.2, 0) is 9.59 Å². The third-order valence-electron chi connectivity index (χ3n) is 2.33. The lowest BCUT2D eigenvalue weighted by molar-refractivity contribution is -0.120. The standard InChI is InChI=1S/C12H22N2O2/c1-4-5-6-7-13-11(8-10(2)3)12(16)14-9-15/h10-11,13H,4-8H2,1-3H3. The fourth-order valence-corrected chi connectivity index (χ4v) is 1.52. The molecule has 0 saturated carbocycles. The maximum absolute atomic E-state index is 11.5. The van der Waals surface area contributed by atoms with Crippen LogP contribution in [0.5, 0.6) is 0 Å². The Balaban J connectivity index is 4.09. The molecule has 1 N–H and O–H groups in total. The monoisotopic (exact) mass is 226 g/mol. The maximum Gasteiger partial charge on any atom is 0.273 e. The summed E-state index contributed by atoms with van der Waals surface area (Å²) >= 11 is 0. The summed E-state index contributed by atoms with van der Waals surface area (Å²) in [5.74, 6) is -0.00493. The molecule has 0 rings (SSSR count). The van der Waals surface area contributed by atoms with Gasteiger partial charge in [-0.3, -0.25) is 4.79 Å². The van der Waals surface area contributed by atoms with Crippen molar-refractivity contribution in [3.63, 3.8) is 0 Å². The summed E-state index contributed by atoms with van der Waals surface area (Å²) in [5, 5.41) is 3.15. The number of nitrogens with zero attached hydrogens (tertiary/aromatic N) is 1. The van der Waals surface area contributed by atoms with Crippen LogP contribution in [-0.4, -0.2) is 24.6 Å². The molecule has 1 unspecified atom stereocenters. The van der Waals surface area contributed by atoms with E-state index in [0.29, 0.717) is 12.3 Å². The molecule has 0 bridgehead atoms. The highest BCUT2D eigenvalue weighted by Crippen LogP contribution is 2.06. The number of isocyanates is 1. The van der Waals surface area contributed by atoms with Gasteiger partial charge in [0, 0.05) is 0 Å². The van der Waals surface area contributed by atoms with Crippen molar-refractivity contribution in [3.05, 3.63) is 0 Å². The van der Waals surface area contributed by atoms with Gasteiger partial charge < -0.3 is 5.32 Å². The molecule has 0 heterocycles. The highest BCUT2D eigenvalue weighted by atomic mass is 16.2. The molecule has 0 aliphatic heterocycles. The number of unbranched alkanes of at least 4 members (excludes halogenated alkanes) is 2. The van der Waals surface area contributed by atoms with E-state index in [9.17, 15) is 9.59 Å². The second-order valence-electron chi connectivity index (χ2n) is 4.38. The van der Waals surface area contributed by atoms with E-state index in [0.717, 1.165) is 25.8 Å². The van der Waals surface area contributed by atoms with Crippen LogP contribution in [0.15, 0.2) is 4.99 Å². The van der Waals surface area contributed by atoms with Gasteiger partial charge in [-0.15, -0.1) is 4.99 Å². The summed E-state index contributed by atoms with van der Waals surface area (Å²) in [7, 11) is 0. The number of hydrogen-bond acceptors (Lipinski definition) is 3. The third-order valence-corrected chi connectivity index (χ3v) is 2.33. The molecule has 1 amide bonds. The zero-order valence-electron chi connectivity index (χ0n) is 10.5. The second-order valence-corrected chi connectivity index (χ2v) is 4.38. The molecular weight excluding hydrogens is 204 g/mol. The largest absolute Gasteiger partial charge is 0.306 e. The summed E-state index contributed by atoms with van der Waals surface area (Å²) < 4.78 is 0. The smallest absolute Gasteiger partial charge is 0.273 e. The van der Waals surface area contributed by atoms with Crippen LogP contribution < -0.4 is 5.32 Å². The highest BCUT2D eigenvalue weighted by molar-refractivity contribution is 5.86. The normalized spacial score (nSPS) is 12.2. The fraction of sp³-hybridized carbons (Fsp3) is 0.833. The van der Waals surface area contributed by atoms with E-state index >= 15 is 0 Å². The molecule has 0 spiro atoms. The van der Waals surface area contributed by atoms with Crippen molar-refractivity contribution in [1.82, 2.24) is 5.32 Å². The molecule has 0 fully saturated rings. The first-order valence-electron chi connectivity index (χ1n) is 5.96. The van der Waals surface area contributed by atoms with Gasteiger partial charge in [-0.05, 0) is 25.3 Å². The van der Waals surface area contributed by atoms with Crippen molar-refractivity contribution in [2.75, 3.05) is 6.54 Å². The van der Waals surface area contributed by atoms with Gasteiger partial charge in [0.2, 0.25) is 6.08 Å². The molecule has 92 valence electrons. The van der Waals surface area contributed by atoms with Gasteiger partial charge in [-0.25, -0.2) is 4.79 Å². The number of rotatable bonds is 8. The highest BCUT2D eigenvalue weighted by Gasteiger charge is 2.18. The minimum Gasteiger partial charge on any atom is -0.306 e. The Hall–Kier alpha value is -0.990. The quantitative estimate of drug-likeness (QED) is 0.391. The van der Waals surface area contributed by atoms with Crippen LogP contribution in [0.3, 0.4) is 0 Å². The minimum atomic E-state index is -0.403. The molecule has 1 atom stereocenters. The number of aliphatic imine (C=N–C) groups is 1. The van der Waals surface area contributed by atoms with E-state index in [-0.39, 0.29) is 6.04 Å². The molecule has 0 aromatic heterocycles. The number of carbonyl (C=O) groups excluding carboxylic acids is 2. The second kappa shape index (κ2) is 9.25. The van der Waals surface area contributed by atoms with Crippen molar-refractivity contribution >= 4 is 12.0 Å². The molecule has 4 nitrogen and oxygen atoms in total. The van der Waals surface area contributed by atoms with Crippen molar-refractivity contribution in [3.8, 4) is 0 Å². The predicted molar refractivity (Wildman–Crippen MR) is 63.9 cm³/mol. The van der Waals surface area contributed by atoms with Gasteiger partial charge in [0.15, 0.2) is 0 Å².